The molecule has 0 bridgehead atoms. The molecule has 2 aromatic carbocycles. The van der Waals surface area contributed by atoms with Gasteiger partial charge in [-0.1, -0.05) is 12.1 Å². The van der Waals surface area contributed by atoms with Crippen LogP contribution >= 0.6 is 0 Å². The molecule has 0 spiro atoms. The maximum absolute atomic E-state index is 12.4. The van der Waals surface area contributed by atoms with Gasteiger partial charge in [0.05, 0.1) is 20.8 Å². The number of rotatable bonds is 8. The first-order valence-electron chi connectivity index (χ1n) is 9.63. The highest BCUT2D eigenvalue weighted by Crippen LogP contribution is 2.28. The number of nitrogens with one attached hydrogen (secondary N) is 1. The van der Waals surface area contributed by atoms with Crippen LogP contribution in [0.15, 0.2) is 48.5 Å². The van der Waals surface area contributed by atoms with Crippen LogP contribution in [0, 0.1) is 0 Å². The molecule has 1 heterocycles. The molecule has 150 valence electrons. The number of carbonyl (C=O) groups excluding carboxylic acids is 1. The molecule has 0 radical (unpaired) electrons. The molecule has 1 aliphatic heterocycles. The average molecular weight is 384 g/mol. The highest BCUT2D eigenvalue weighted by atomic mass is 16.5. The molecule has 1 fully saturated rings. The first-order chi connectivity index (χ1) is 13.7. The SMILES string of the molecule is COc1ccc(OCCCNC(=O)N2CCC(c3ccc(OC)cc3)C2)cc1. The Balaban J connectivity index is 1.34. The second-order valence-electron chi connectivity index (χ2n) is 6.81. The fourth-order valence-corrected chi connectivity index (χ4v) is 3.33. The predicted molar refractivity (Wildman–Crippen MR) is 108 cm³/mol. The van der Waals surface area contributed by atoms with Crippen LogP contribution in [0.5, 0.6) is 17.2 Å². The lowest BCUT2D eigenvalue weighted by Crippen LogP contribution is -2.39. The summed E-state index contributed by atoms with van der Waals surface area (Å²) in [5, 5.41) is 2.99. The molecule has 2 aromatic rings. The second kappa shape index (κ2) is 9.88. The standard InChI is InChI=1S/C22H28N2O4/c1-26-19-6-4-17(5-7-19)18-12-14-24(16-18)22(25)23-13-3-15-28-21-10-8-20(27-2)9-11-21/h4-11,18H,3,12-16H2,1-2H3,(H,23,25). The van der Waals surface area contributed by atoms with Gasteiger partial charge in [0.25, 0.3) is 0 Å². The molecule has 6 nitrogen and oxygen atoms in total. The smallest absolute Gasteiger partial charge is 0.317 e. The van der Waals surface area contributed by atoms with Gasteiger partial charge in [-0.25, -0.2) is 4.79 Å². The Morgan fingerprint density at radius 2 is 1.61 bits per heavy atom. The lowest BCUT2D eigenvalue weighted by atomic mass is 9.98. The Morgan fingerprint density at radius 3 is 2.25 bits per heavy atom. The minimum atomic E-state index is 0.000425. The second-order valence-corrected chi connectivity index (χ2v) is 6.81. The summed E-state index contributed by atoms with van der Waals surface area (Å²) in [5.41, 5.74) is 1.25. The maximum Gasteiger partial charge on any atom is 0.317 e. The lowest BCUT2D eigenvalue weighted by Gasteiger charge is -2.18. The molecule has 0 aliphatic carbocycles. The number of amides is 2. The minimum Gasteiger partial charge on any atom is -0.497 e. The maximum atomic E-state index is 12.4. The first-order valence-corrected chi connectivity index (χ1v) is 9.63. The number of hydrogen-bond donors (Lipinski definition) is 1. The van der Waals surface area contributed by atoms with E-state index >= 15 is 0 Å². The normalized spacial score (nSPS) is 15.9. The quantitative estimate of drug-likeness (QED) is 0.706. The number of urea groups is 1. The van der Waals surface area contributed by atoms with E-state index < -0.39 is 0 Å². The summed E-state index contributed by atoms with van der Waals surface area (Å²) >= 11 is 0. The Morgan fingerprint density at radius 1 is 1.00 bits per heavy atom. The molecule has 1 unspecified atom stereocenters. The zero-order valence-corrected chi connectivity index (χ0v) is 16.5. The summed E-state index contributed by atoms with van der Waals surface area (Å²) in [6, 6.07) is 15.6. The number of carbonyl (C=O) groups is 1. The zero-order chi connectivity index (χ0) is 19.8. The van der Waals surface area contributed by atoms with Crippen molar-refractivity contribution in [2.24, 2.45) is 0 Å². The van der Waals surface area contributed by atoms with E-state index in [0.29, 0.717) is 19.1 Å². The summed E-state index contributed by atoms with van der Waals surface area (Å²) < 4.78 is 16.0. The van der Waals surface area contributed by atoms with Gasteiger partial charge >= 0.3 is 6.03 Å². The largest absolute Gasteiger partial charge is 0.497 e. The molecule has 1 aliphatic rings. The summed E-state index contributed by atoms with van der Waals surface area (Å²) in [4.78, 5) is 14.3. The first kappa shape index (κ1) is 19.9. The van der Waals surface area contributed by atoms with Crippen LogP contribution in [0.25, 0.3) is 0 Å². The van der Waals surface area contributed by atoms with Crippen molar-refractivity contribution in [3.63, 3.8) is 0 Å². The molecule has 1 atom stereocenters. The molecule has 3 rings (SSSR count). The third kappa shape index (κ3) is 5.31. The van der Waals surface area contributed by atoms with E-state index in [0.717, 1.165) is 43.2 Å². The molecule has 6 heteroatoms. The topological polar surface area (TPSA) is 60.0 Å². The fourth-order valence-electron chi connectivity index (χ4n) is 3.33. The van der Waals surface area contributed by atoms with Crippen LogP contribution in [-0.2, 0) is 0 Å². The van der Waals surface area contributed by atoms with E-state index in [-0.39, 0.29) is 6.03 Å². The zero-order valence-electron chi connectivity index (χ0n) is 16.5. The monoisotopic (exact) mass is 384 g/mol. The molecule has 28 heavy (non-hydrogen) atoms. The number of methoxy groups -OCH3 is 2. The molecular formula is C22H28N2O4. The van der Waals surface area contributed by atoms with Crippen molar-refractivity contribution >= 4 is 6.03 Å². The van der Waals surface area contributed by atoms with Crippen LogP contribution < -0.4 is 19.5 Å². The fraction of sp³-hybridized carbons (Fsp3) is 0.409. The molecule has 1 saturated heterocycles. The predicted octanol–water partition coefficient (Wildman–Crippen LogP) is 3.67. The van der Waals surface area contributed by atoms with Crippen molar-refractivity contribution in [2.45, 2.75) is 18.8 Å². The van der Waals surface area contributed by atoms with Gasteiger partial charge in [0.15, 0.2) is 0 Å². The third-order valence-corrected chi connectivity index (χ3v) is 4.99. The molecule has 0 aromatic heterocycles. The van der Waals surface area contributed by atoms with E-state index in [1.165, 1.54) is 5.56 Å². The van der Waals surface area contributed by atoms with E-state index in [9.17, 15) is 4.79 Å². The van der Waals surface area contributed by atoms with Crippen molar-refractivity contribution in [1.82, 2.24) is 10.2 Å². The summed E-state index contributed by atoms with van der Waals surface area (Å²) in [6.07, 6.45) is 1.74. The van der Waals surface area contributed by atoms with Gasteiger partial charge < -0.3 is 24.4 Å². The average Bonchev–Trinajstić information content (AvgIpc) is 3.24. The highest BCUT2D eigenvalue weighted by molar-refractivity contribution is 5.74. The van der Waals surface area contributed by atoms with E-state index in [2.05, 4.69) is 17.4 Å². The number of nitrogens with zero attached hydrogens (tertiary/aromatic N) is 1. The van der Waals surface area contributed by atoms with E-state index in [1.54, 1.807) is 14.2 Å². The molecule has 1 N–H and O–H groups in total. The van der Waals surface area contributed by atoms with Crippen molar-refractivity contribution in [3.05, 3.63) is 54.1 Å². The Kier molecular flexibility index (Phi) is 7.00. The van der Waals surface area contributed by atoms with Crippen LogP contribution in [0.1, 0.15) is 24.3 Å². The van der Waals surface area contributed by atoms with Crippen molar-refractivity contribution < 1.29 is 19.0 Å². The number of benzene rings is 2. The summed E-state index contributed by atoms with van der Waals surface area (Å²) in [5.74, 6) is 2.84. The van der Waals surface area contributed by atoms with Crippen LogP contribution in [-0.4, -0.2) is 51.4 Å². The van der Waals surface area contributed by atoms with Crippen LogP contribution in [0.3, 0.4) is 0 Å². The van der Waals surface area contributed by atoms with Crippen LogP contribution in [0.4, 0.5) is 4.79 Å². The Labute approximate surface area is 166 Å². The number of hydrogen-bond acceptors (Lipinski definition) is 4. The van der Waals surface area contributed by atoms with E-state index in [4.69, 9.17) is 14.2 Å². The van der Waals surface area contributed by atoms with Gasteiger partial charge in [0.2, 0.25) is 0 Å². The minimum absolute atomic E-state index is 0.000425. The number of likely N-dealkylation sites (tertiary alicyclic amines) is 1. The van der Waals surface area contributed by atoms with Crippen molar-refractivity contribution in [1.29, 1.82) is 0 Å². The molecular weight excluding hydrogens is 356 g/mol. The third-order valence-electron chi connectivity index (χ3n) is 4.99. The Bertz CT molecular complexity index is 746. The van der Waals surface area contributed by atoms with Gasteiger partial charge in [-0.3, -0.25) is 0 Å². The van der Waals surface area contributed by atoms with Gasteiger partial charge in [0, 0.05) is 25.6 Å². The highest BCUT2D eigenvalue weighted by Gasteiger charge is 2.27. The van der Waals surface area contributed by atoms with Gasteiger partial charge in [0.1, 0.15) is 17.2 Å². The lowest BCUT2D eigenvalue weighted by molar-refractivity contribution is 0.207. The molecule has 2 amide bonds. The van der Waals surface area contributed by atoms with Crippen molar-refractivity contribution in [3.8, 4) is 17.2 Å². The summed E-state index contributed by atoms with van der Waals surface area (Å²) in [7, 11) is 3.30. The van der Waals surface area contributed by atoms with Crippen molar-refractivity contribution in [2.75, 3.05) is 40.5 Å². The van der Waals surface area contributed by atoms with Crippen LogP contribution in [0.2, 0.25) is 0 Å². The molecule has 0 saturated carbocycles. The van der Waals surface area contributed by atoms with Gasteiger partial charge in [-0.05, 0) is 54.8 Å². The number of ether oxygens (including phenoxy) is 3. The van der Waals surface area contributed by atoms with Gasteiger partial charge in [-0.15, -0.1) is 0 Å². The summed E-state index contributed by atoms with van der Waals surface area (Å²) in [6.45, 7) is 2.69. The van der Waals surface area contributed by atoms with Gasteiger partial charge in [-0.2, -0.15) is 0 Å². The Hall–Kier alpha value is -2.89. The van der Waals surface area contributed by atoms with E-state index in [1.807, 2.05) is 41.3 Å².